The Labute approximate surface area is 163 Å². The fourth-order valence-electron chi connectivity index (χ4n) is 2.56. The minimum absolute atomic E-state index is 0.0700. The number of thioether (sulfide) groups is 1. The summed E-state index contributed by atoms with van der Waals surface area (Å²) in [5.74, 6) is 0.138. The Balaban J connectivity index is 1.51. The summed E-state index contributed by atoms with van der Waals surface area (Å²) in [6, 6.07) is 25.4. The van der Waals surface area contributed by atoms with Gasteiger partial charge in [-0.2, -0.15) is 0 Å². The van der Waals surface area contributed by atoms with Gasteiger partial charge in [-0.1, -0.05) is 42.5 Å². The van der Waals surface area contributed by atoms with Crippen LogP contribution in [0.15, 0.2) is 83.8 Å². The Hall–Kier alpha value is -3.05. The van der Waals surface area contributed by atoms with Crippen LogP contribution in [0.25, 0.3) is 11.1 Å². The molecule has 3 aromatic rings. The molecule has 0 aliphatic heterocycles. The standard InChI is InChI=1S/C22H20N2O2S/c1-16(25)23-19-9-11-20(12-10-19)24-22(26)15-27-21-13-7-18(8-14-21)17-5-3-2-4-6-17/h2-14H,15H2,1H3,(H,23,25)(H,24,26). The van der Waals surface area contributed by atoms with Gasteiger partial charge < -0.3 is 10.6 Å². The van der Waals surface area contributed by atoms with Crippen molar-refractivity contribution in [1.29, 1.82) is 0 Å². The first-order chi connectivity index (χ1) is 13.1. The molecule has 3 aromatic carbocycles. The Morgan fingerprint density at radius 3 is 1.89 bits per heavy atom. The average molecular weight is 376 g/mol. The Bertz CT molecular complexity index is 907. The summed E-state index contributed by atoms with van der Waals surface area (Å²) in [5, 5.41) is 5.55. The third-order valence-electron chi connectivity index (χ3n) is 3.82. The minimum Gasteiger partial charge on any atom is -0.326 e. The van der Waals surface area contributed by atoms with E-state index in [-0.39, 0.29) is 11.8 Å². The van der Waals surface area contributed by atoms with Crippen molar-refractivity contribution in [2.45, 2.75) is 11.8 Å². The molecule has 3 rings (SSSR count). The number of benzene rings is 3. The van der Waals surface area contributed by atoms with Crippen molar-refractivity contribution in [2.24, 2.45) is 0 Å². The molecule has 0 saturated heterocycles. The number of anilines is 2. The molecule has 2 amide bonds. The van der Waals surface area contributed by atoms with Gasteiger partial charge in [0.15, 0.2) is 0 Å². The molecule has 0 aromatic heterocycles. The van der Waals surface area contributed by atoms with Crippen molar-refractivity contribution in [2.75, 3.05) is 16.4 Å². The van der Waals surface area contributed by atoms with Gasteiger partial charge in [0.1, 0.15) is 0 Å². The lowest BCUT2D eigenvalue weighted by atomic mass is 10.1. The maximum atomic E-state index is 12.1. The lowest BCUT2D eigenvalue weighted by Crippen LogP contribution is -2.14. The van der Waals surface area contributed by atoms with E-state index in [4.69, 9.17) is 0 Å². The molecule has 4 nitrogen and oxygen atoms in total. The van der Waals surface area contributed by atoms with E-state index in [0.29, 0.717) is 17.1 Å². The van der Waals surface area contributed by atoms with E-state index < -0.39 is 0 Å². The van der Waals surface area contributed by atoms with Crippen molar-refractivity contribution in [3.05, 3.63) is 78.9 Å². The van der Waals surface area contributed by atoms with E-state index in [9.17, 15) is 9.59 Å². The zero-order valence-electron chi connectivity index (χ0n) is 14.9. The normalized spacial score (nSPS) is 10.3. The van der Waals surface area contributed by atoms with Crippen LogP contribution in [0.3, 0.4) is 0 Å². The number of hydrogen-bond donors (Lipinski definition) is 2. The molecule has 0 bridgehead atoms. The molecular formula is C22H20N2O2S. The number of amides is 2. The van der Waals surface area contributed by atoms with E-state index in [1.54, 1.807) is 24.3 Å². The highest BCUT2D eigenvalue weighted by Crippen LogP contribution is 2.24. The number of rotatable bonds is 6. The van der Waals surface area contributed by atoms with Crippen LogP contribution in [0, 0.1) is 0 Å². The number of carbonyl (C=O) groups excluding carboxylic acids is 2. The van der Waals surface area contributed by atoms with Gasteiger partial charge in [-0.3, -0.25) is 9.59 Å². The second kappa shape index (κ2) is 9.05. The highest BCUT2D eigenvalue weighted by atomic mass is 32.2. The number of carbonyl (C=O) groups is 2. The SMILES string of the molecule is CC(=O)Nc1ccc(NC(=O)CSc2ccc(-c3ccccc3)cc2)cc1. The quantitative estimate of drug-likeness (QED) is 0.592. The third kappa shape index (κ3) is 5.72. The summed E-state index contributed by atoms with van der Waals surface area (Å²) in [6.07, 6.45) is 0. The Kier molecular flexibility index (Phi) is 6.28. The monoisotopic (exact) mass is 376 g/mol. The lowest BCUT2D eigenvalue weighted by Gasteiger charge is -2.07. The Morgan fingerprint density at radius 2 is 1.30 bits per heavy atom. The van der Waals surface area contributed by atoms with E-state index in [1.165, 1.54) is 24.2 Å². The maximum absolute atomic E-state index is 12.1. The molecule has 2 N–H and O–H groups in total. The van der Waals surface area contributed by atoms with Crippen molar-refractivity contribution < 1.29 is 9.59 Å². The zero-order chi connectivity index (χ0) is 19.1. The van der Waals surface area contributed by atoms with Gasteiger partial charge in [0.05, 0.1) is 5.75 Å². The zero-order valence-corrected chi connectivity index (χ0v) is 15.8. The predicted octanol–water partition coefficient (Wildman–Crippen LogP) is 5.04. The molecule has 0 spiro atoms. The molecule has 0 heterocycles. The van der Waals surface area contributed by atoms with Gasteiger partial charge in [-0.25, -0.2) is 0 Å². The van der Waals surface area contributed by atoms with Crippen LogP contribution in [0.4, 0.5) is 11.4 Å². The van der Waals surface area contributed by atoms with Gasteiger partial charge in [0, 0.05) is 23.2 Å². The van der Waals surface area contributed by atoms with E-state index >= 15 is 0 Å². The van der Waals surface area contributed by atoms with Crippen LogP contribution in [-0.2, 0) is 9.59 Å². The molecule has 0 aliphatic carbocycles. The van der Waals surface area contributed by atoms with Crippen molar-refractivity contribution in [3.63, 3.8) is 0 Å². The highest BCUT2D eigenvalue weighted by molar-refractivity contribution is 8.00. The highest BCUT2D eigenvalue weighted by Gasteiger charge is 2.05. The minimum atomic E-state index is -0.124. The van der Waals surface area contributed by atoms with Gasteiger partial charge in [-0.05, 0) is 47.5 Å². The first-order valence-corrected chi connectivity index (χ1v) is 9.54. The summed E-state index contributed by atoms with van der Waals surface area (Å²) in [6.45, 7) is 1.46. The van der Waals surface area contributed by atoms with Crippen LogP contribution >= 0.6 is 11.8 Å². The second-order valence-corrected chi connectivity index (χ2v) is 7.03. The molecule has 0 radical (unpaired) electrons. The van der Waals surface area contributed by atoms with Crippen LogP contribution in [0.5, 0.6) is 0 Å². The van der Waals surface area contributed by atoms with Gasteiger partial charge in [0.25, 0.3) is 0 Å². The summed E-state index contributed by atoms with van der Waals surface area (Å²) in [7, 11) is 0. The second-order valence-electron chi connectivity index (χ2n) is 5.99. The van der Waals surface area contributed by atoms with Crippen molar-refractivity contribution in [3.8, 4) is 11.1 Å². The third-order valence-corrected chi connectivity index (χ3v) is 4.83. The Morgan fingerprint density at radius 1 is 0.741 bits per heavy atom. The maximum Gasteiger partial charge on any atom is 0.234 e. The first kappa shape index (κ1) is 18.7. The van der Waals surface area contributed by atoms with Crippen molar-refractivity contribution >= 4 is 35.0 Å². The molecule has 0 saturated carbocycles. The molecule has 0 atom stereocenters. The summed E-state index contributed by atoms with van der Waals surface area (Å²) >= 11 is 1.49. The van der Waals surface area contributed by atoms with Crippen LogP contribution < -0.4 is 10.6 Å². The van der Waals surface area contributed by atoms with Crippen molar-refractivity contribution in [1.82, 2.24) is 0 Å². The fourth-order valence-corrected chi connectivity index (χ4v) is 3.26. The molecule has 5 heteroatoms. The molecule has 0 fully saturated rings. The fraction of sp³-hybridized carbons (Fsp3) is 0.0909. The van der Waals surface area contributed by atoms with Gasteiger partial charge >= 0.3 is 0 Å². The van der Waals surface area contributed by atoms with Crippen LogP contribution in [0.1, 0.15) is 6.92 Å². The van der Waals surface area contributed by atoms with E-state index in [2.05, 4.69) is 34.9 Å². The lowest BCUT2D eigenvalue weighted by molar-refractivity contribution is -0.114. The predicted molar refractivity (Wildman–Crippen MR) is 112 cm³/mol. The topological polar surface area (TPSA) is 58.2 Å². The van der Waals surface area contributed by atoms with Gasteiger partial charge in [-0.15, -0.1) is 11.8 Å². The number of hydrogen-bond acceptors (Lipinski definition) is 3. The molecule has 0 unspecified atom stereocenters. The van der Waals surface area contributed by atoms with E-state index in [1.807, 2.05) is 30.3 Å². The van der Waals surface area contributed by atoms with Crippen LogP contribution in [-0.4, -0.2) is 17.6 Å². The molecule has 136 valence electrons. The summed E-state index contributed by atoms with van der Waals surface area (Å²) in [5.41, 5.74) is 3.74. The average Bonchev–Trinajstić information content (AvgIpc) is 2.69. The van der Waals surface area contributed by atoms with E-state index in [0.717, 1.165) is 10.5 Å². The smallest absolute Gasteiger partial charge is 0.234 e. The molecule has 27 heavy (non-hydrogen) atoms. The largest absolute Gasteiger partial charge is 0.326 e. The first-order valence-electron chi connectivity index (χ1n) is 8.56. The molecular weight excluding hydrogens is 356 g/mol. The van der Waals surface area contributed by atoms with Crippen LogP contribution in [0.2, 0.25) is 0 Å². The molecule has 0 aliphatic rings. The summed E-state index contributed by atoms with van der Waals surface area (Å²) in [4.78, 5) is 24.2. The van der Waals surface area contributed by atoms with Gasteiger partial charge in [0.2, 0.25) is 11.8 Å². The number of nitrogens with one attached hydrogen (secondary N) is 2. The summed E-state index contributed by atoms with van der Waals surface area (Å²) < 4.78 is 0.